The Hall–Kier alpha value is -1.40. The van der Waals surface area contributed by atoms with Crippen LogP contribution in [-0.4, -0.2) is 39.4 Å². The van der Waals surface area contributed by atoms with Gasteiger partial charge in [-0.1, -0.05) is 0 Å². The summed E-state index contributed by atoms with van der Waals surface area (Å²) in [6.45, 7) is 5.08. The fraction of sp³-hybridized carbons (Fsp3) is 0.500. The van der Waals surface area contributed by atoms with Gasteiger partial charge >= 0.3 is 0 Å². The van der Waals surface area contributed by atoms with Crippen molar-refractivity contribution in [2.45, 2.75) is 31.6 Å². The third-order valence-electron chi connectivity index (χ3n) is 3.82. The van der Waals surface area contributed by atoms with Crippen LogP contribution in [-0.2, 0) is 10.0 Å². The lowest BCUT2D eigenvalue weighted by atomic mass is 10.1. The molecule has 1 aliphatic rings. The van der Waals surface area contributed by atoms with E-state index in [9.17, 15) is 13.2 Å². The zero-order chi connectivity index (χ0) is 14.9. The average Bonchev–Trinajstić information content (AvgIpc) is 2.94. The topological polar surface area (TPSA) is 66.5 Å². The Balaban J connectivity index is 2.48. The van der Waals surface area contributed by atoms with Gasteiger partial charge in [-0.3, -0.25) is 4.79 Å². The van der Waals surface area contributed by atoms with Crippen molar-refractivity contribution in [1.82, 2.24) is 9.62 Å². The van der Waals surface area contributed by atoms with E-state index in [-0.39, 0.29) is 10.8 Å². The first-order valence-electron chi connectivity index (χ1n) is 6.71. The molecule has 2 rings (SSSR count). The number of nitrogens with zero attached hydrogens (tertiary/aromatic N) is 1. The molecule has 5 nitrogen and oxygen atoms in total. The molecule has 0 spiro atoms. The van der Waals surface area contributed by atoms with Crippen LogP contribution in [0.3, 0.4) is 0 Å². The Kier molecular flexibility index (Phi) is 4.15. The number of nitrogens with one attached hydrogen (secondary N) is 1. The van der Waals surface area contributed by atoms with Crippen molar-refractivity contribution in [3.8, 4) is 0 Å². The number of likely N-dealkylation sites (tertiary alicyclic amines) is 1. The fourth-order valence-corrected chi connectivity index (χ4v) is 3.51. The Morgan fingerprint density at radius 1 is 1.20 bits per heavy atom. The highest BCUT2D eigenvalue weighted by Crippen LogP contribution is 2.23. The predicted molar refractivity (Wildman–Crippen MR) is 77.3 cm³/mol. The van der Waals surface area contributed by atoms with Gasteiger partial charge in [-0.05, 0) is 57.0 Å². The number of amides is 1. The molecule has 1 heterocycles. The molecule has 0 aromatic heterocycles. The summed E-state index contributed by atoms with van der Waals surface area (Å²) in [5, 5.41) is 0. The molecule has 0 aliphatic carbocycles. The minimum atomic E-state index is -3.55. The van der Waals surface area contributed by atoms with Gasteiger partial charge in [-0.15, -0.1) is 0 Å². The van der Waals surface area contributed by atoms with Gasteiger partial charge in [0.05, 0.1) is 4.90 Å². The molecule has 1 aromatic carbocycles. The van der Waals surface area contributed by atoms with E-state index in [1.165, 1.54) is 13.1 Å². The first-order valence-corrected chi connectivity index (χ1v) is 8.19. The fourth-order valence-electron chi connectivity index (χ4n) is 2.44. The van der Waals surface area contributed by atoms with Crippen LogP contribution in [0.4, 0.5) is 0 Å². The second-order valence-electron chi connectivity index (χ2n) is 5.12. The lowest BCUT2D eigenvalue weighted by Gasteiger charge is -2.17. The molecule has 0 unspecified atom stereocenters. The number of hydrogen-bond donors (Lipinski definition) is 1. The normalized spacial score (nSPS) is 15.7. The number of hydrogen-bond acceptors (Lipinski definition) is 3. The molecule has 0 saturated carbocycles. The maximum absolute atomic E-state index is 12.4. The molecule has 1 N–H and O–H groups in total. The van der Waals surface area contributed by atoms with Gasteiger partial charge < -0.3 is 4.90 Å². The van der Waals surface area contributed by atoms with Crippen LogP contribution in [0.1, 0.15) is 34.3 Å². The van der Waals surface area contributed by atoms with Crippen molar-refractivity contribution in [3.63, 3.8) is 0 Å². The van der Waals surface area contributed by atoms with Gasteiger partial charge in [0.2, 0.25) is 10.0 Å². The Morgan fingerprint density at radius 3 is 2.35 bits per heavy atom. The molecule has 1 saturated heterocycles. The molecule has 1 aliphatic heterocycles. The molecule has 20 heavy (non-hydrogen) atoms. The number of rotatable bonds is 3. The van der Waals surface area contributed by atoms with Crippen LogP contribution in [0.15, 0.2) is 17.0 Å². The molecule has 1 amide bonds. The summed E-state index contributed by atoms with van der Waals surface area (Å²) in [7, 11) is -2.18. The second kappa shape index (κ2) is 5.54. The summed E-state index contributed by atoms with van der Waals surface area (Å²) in [4.78, 5) is 14.3. The minimum Gasteiger partial charge on any atom is -0.339 e. The maximum Gasteiger partial charge on any atom is 0.253 e. The highest BCUT2D eigenvalue weighted by atomic mass is 32.2. The summed E-state index contributed by atoms with van der Waals surface area (Å²) in [5.41, 5.74) is 1.94. The van der Waals surface area contributed by atoms with Crippen molar-refractivity contribution in [2.24, 2.45) is 0 Å². The Morgan fingerprint density at radius 2 is 1.80 bits per heavy atom. The molecule has 6 heteroatoms. The van der Waals surface area contributed by atoms with Crippen LogP contribution in [0.2, 0.25) is 0 Å². The monoisotopic (exact) mass is 296 g/mol. The van der Waals surface area contributed by atoms with E-state index in [0.717, 1.165) is 31.5 Å². The minimum absolute atomic E-state index is 0.0850. The number of sulfonamides is 1. The molecular formula is C14H20N2O3S. The van der Waals surface area contributed by atoms with Gasteiger partial charge in [-0.25, -0.2) is 13.1 Å². The summed E-state index contributed by atoms with van der Waals surface area (Å²) in [6.07, 6.45) is 2.02. The first kappa shape index (κ1) is 15.0. The van der Waals surface area contributed by atoms with E-state index >= 15 is 0 Å². The molecule has 0 atom stereocenters. The summed E-state index contributed by atoms with van der Waals surface area (Å²) in [5.74, 6) is -0.0850. The largest absolute Gasteiger partial charge is 0.339 e. The van der Waals surface area contributed by atoms with E-state index in [0.29, 0.717) is 11.1 Å². The lowest BCUT2D eigenvalue weighted by Crippen LogP contribution is -2.28. The van der Waals surface area contributed by atoms with E-state index in [4.69, 9.17) is 0 Å². The third kappa shape index (κ3) is 2.71. The van der Waals surface area contributed by atoms with E-state index in [2.05, 4.69) is 4.72 Å². The van der Waals surface area contributed by atoms with Crippen molar-refractivity contribution in [1.29, 1.82) is 0 Å². The quantitative estimate of drug-likeness (QED) is 0.918. The Labute approximate surface area is 120 Å². The zero-order valence-electron chi connectivity index (χ0n) is 12.1. The van der Waals surface area contributed by atoms with Crippen LogP contribution in [0.5, 0.6) is 0 Å². The predicted octanol–water partition coefficient (Wildman–Crippen LogP) is 1.45. The van der Waals surface area contributed by atoms with Crippen LogP contribution >= 0.6 is 0 Å². The number of benzene rings is 1. The van der Waals surface area contributed by atoms with Crippen LogP contribution in [0, 0.1) is 13.8 Å². The highest BCUT2D eigenvalue weighted by molar-refractivity contribution is 7.89. The first-order chi connectivity index (χ1) is 9.36. The van der Waals surface area contributed by atoms with Crippen molar-refractivity contribution in [2.75, 3.05) is 20.1 Å². The maximum atomic E-state index is 12.4. The van der Waals surface area contributed by atoms with E-state index in [1.54, 1.807) is 17.9 Å². The number of aryl methyl sites for hydroxylation is 1. The van der Waals surface area contributed by atoms with Gasteiger partial charge in [0.25, 0.3) is 5.91 Å². The zero-order valence-corrected chi connectivity index (χ0v) is 12.9. The van der Waals surface area contributed by atoms with Gasteiger partial charge in [0.15, 0.2) is 0 Å². The molecule has 1 fully saturated rings. The number of carbonyl (C=O) groups excluding carboxylic acids is 1. The van der Waals surface area contributed by atoms with Gasteiger partial charge in [0.1, 0.15) is 0 Å². The lowest BCUT2D eigenvalue weighted by molar-refractivity contribution is 0.0792. The summed E-state index contributed by atoms with van der Waals surface area (Å²) < 4.78 is 26.4. The Bertz CT molecular complexity index is 632. The average molecular weight is 296 g/mol. The molecule has 0 bridgehead atoms. The SMILES string of the molecule is CNS(=O)(=O)c1cc(C(=O)N2CCCC2)cc(C)c1C. The third-order valence-corrected chi connectivity index (χ3v) is 5.36. The van der Waals surface area contributed by atoms with Gasteiger partial charge in [0, 0.05) is 18.7 Å². The smallest absolute Gasteiger partial charge is 0.253 e. The molecule has 110 valence electrons. The molecule has 1 aromatic rings. The van der Waals surface area contributed by atoms with Crippen LogP contribution < -0.4 is 4.72 Å². The molecular weight excluding hydrogens is 276 g/mol. The molecule has 0 radical (unpaired) electrons. The van der Waals surface area contributed by atoms with Crippen molar-refractivity contribution >= 4 is 15.9 Å². The van der Waals surface area contributed by atoms with Crippen molar-refractivity contribution < 1.29 is 13.2 Å². The summed E-state index contributed by atoms with van der Waals surface area (Å²) >= 11 is 0. The van der Waals surface area contributed by atoms with E-state index < -0.39 is 10.0 Å². The van der Waals surface area contributed by atoms with Gasteiger partial charge in [-0.2, -0.15) is 0 Å². The highest BCUT2D eigenvalue weighted by Gasteiger charge is 2.23. The standard InChI is InChI=1S/C14H20N2O3S/c1-10-8-12(14(17)16-6-4-5-7-16)9-13(11(10)2)20(18,19)15-3/h8-9,15H,4-7H2,1-3H3. The number of carbonyl (C=O) groups is 1. The van der Waals surface area contributed by atoms with Crippen molar-refractivity contribution in [3.05, 3.63) is 28.8 Å². The van der Waals surface area contributed by atoms with Crippen LogP contribution in [0.25, 0.3) is 0 Å². The summed E-state index contributed by atoms with van der Waals surface area (Å²) in [6, 6.07) is 3.25. The second-order valence-corrected chi connectivity index (χ2v) is 6.98. The van der Waals surface area contributed by atoms with E-state index in [1.807, 2.05) is 6.92 Å².